The zero-order chi connectivity index (χ0) is 24.4. The highest BCUT2D eigenvalue weighted by Crippen LogP contribution is 2.34. The van der Waals surface area contributed by atoms with E-state index < -0.39 is 0 Å². The van der Waals surface area contributed by atoms with Crippen molar-refractivity contribution in [2.24, 2.45) is 5.73 Å². The highest BCUT2D eigenvalue weighted by Gasteiger charge is 2.18. The standard InChI is InChI=1S/C28H32N6O/c1-3-6-24(29)26-9-5-8-25(32-26)20-15-22(19-11-13-33(2)14-12-19)23-17-30-34(27(23)16-20)28-10-4-7-21(18-35)31-28/h4-5,7-11,15-17,24,35H,3,6,12-14,18,29H2,1-2H3. The van der Waals surface area contributed by atoms with Gasteiger partial charge in [-0.3, -0.25) is 4.98 Å². The van der Waals surface area contributed by atoms with Crippen LogP contribution in [0.25, 0.3) is 33.6 Å². The summed E-state index contributed by atoms with van der Waals surface area (Å²) >= 11 is 0. The predicted octanol–water partition coefficient (Wildman–Crippen LogP) is 4.49. The fourth-order valence-corrected chi connectivity index (χ4v) is 4.69. The van der Waals surface area contributed by atoms with Crippen LogP contribution in [-0.4, -0.2) is 49.9 Å². The van der Waals surface area contributed by atoms with Gasteiger partial charge in [-0.1, -0.05) is 31.6 Å². The molecule has 3 N–H and O–H groups in total. The third-order valence-electron chi connectivity index (χ3n) is 6.66. The minimum atomic E-state index is -0.112. The maximum absolute atomic E-state index is 9.59. The number of nitrogens with zero attached hydrogens (tertiary/aromatic N) is 5. The van der Waals surface area contributed by atoms with E-state index in [1.165, 1.54) is 11.1 Å². The van der Waals surface area contributed by atoms with Crippen LogP contribution in [0.1, 0.15) is 49.2 Å². The Morgan fingerprint density at radius 2 is 1.97 bits per heavy atom. The van der Waals surface area contributed by atoms with Crippen LogP contribution in [0.2, 0.25) is 0 Å². The molecule has 7 nitrogen and oxygen atoms in total. The van der Waals surface area contributed by atoms with E-state index in [0.717, 1.165) is 60.2 Å². The average molecular weight is 469 g/mol. The Morgan fingerprint density at radius 3 is 2.74 bits per heavy atom. The van der Waals surface area contributed by atoms with Gasteiger partial charge in [-0.15, -0.1) is 0 Å². The summed E-state index contributed by atoms with van der Waals surface area (Å²) in [6.45, 7) is 3.97. The molecular formula is C28H32N6O. The Kier molecular flexibility index (Phi) is 6.72. The number of hydrogen-bond donors (Lipinski definition) is 2. The first-order valence-corrected chi connectivity index (χ1v) is 12.3. The number of aliphatic hydroxyl groups is 1. The van der Waals surface area contributed by atoms with Gasteiger partial charge in [0.25, 0.3) is 0 Å². The van der Waals surface area contributed by atoms with Gasteiger partial charge in [0.05, 0.1) is 35.4 Å². The monoisotopic (exact) mass is 468 g/mol. The van der Waals surface area contributed by atoms with E-state index in [1.807, 2.05) is 47.3 Å². The molecule has 0 spiro atoms. The van der Waals surface area contributed by atoms with Gasteiger partial charge in [-0.2, -0.15) is 5.10 Å². The molecular weight excluding hydrogens is 436 g/mol. The highest BCUT2D eigenvalue weighted by molar-refractivity contribution is 5.96. The summed E-state index contributed by atoms with van der Waals surface area (Å²) in [5.74, 6) is 0.679. The zero-order valence-electron chi connectivity index (χ0n) is 20.4. The molecule has 5 rings (SSSR count). The first kappa shape index (κ1) is 23.4. The zero-order valence-corrected chi connectivity index (χ0v) is 20.4. The number of pyridine rings is 2. The van der Waals surface area contributed by atoms with Crippen LogP contribution in [0.3, 0.4) is 0 Å². The Balaban J connectivity index is 1.69. The van der Waals surface area contributed by atoms with Crippen molar-refractivity contribution < 1.29 is 5.11 Å². The number of nitrogens with two attached hydrogens (primary N) is 1. The lowest BCUT2D eigenvalue weighted by molar-refractivity contribution is 0.276. The van der Waals surface area contributed by atoms with E-state index in [-0.39, 0.29) is 12.6 Å². The molecule has 35 heavy (non-hydrogen) atoms. The summed E-state index contributed by atoms with van der Waals surface area (Å²) in [5, 5.41) is 15.4. The van der Waals surface area contributed by atoms with Crippen LogP contribution in [-0.2, 0) is 6.61 Å². The number of fused-ring (bicyclic) bond motifs is 1. The SMILES string of the molecule is CCCC(N)c1cccc(-c2cc(C3=CCN(C)CC3)c3cnn(-c4cccc(CO)n4)c3c2)n1. The number of aromatic nitrogens is 4. The predicted molar refractivity (Wildman–Crippen MR) is 140 cm³/mol. The van der Waals surface area contributed by atoms with Crippen molar-refractivity contribution in [1.29, 1.82) is 0 Å². The molecule has 0 aliphatic carbocycles. The van der Waals surface area contributed by atoms with Crippen molar-refractivity contribution in [2.75, 3.05) is 20.1 Å². The number of likely N-dealkylation sites (N-methyl/N-ethyl adjacent to an activating group) is 1. The van der Waals surface area contributed by atoms with Crippen LogP contribution >= 0.6 is 0 Å². The second-order valence-electron chi connectivity index (χ2n) is 9.24. The maximum atomic E-state index is 9.59. The fourth-order valence-electron chi connectivity index (χ4n) is 4.69. The Hall–Kier alpha value is -3.39. The maximum Gasteiger partial charge on any atom is 0.154 e. The summed E-state index contributed by atoms with van der Waals surface area (Å²) in [6, 6.07) is 16.0. The molecule has 0 saturated carbocycles. The van der Waals surface area contributed by atoms with Crippen LogP contribution in [0.5, 0.6) is 0 Å². The van der Waals surface area contributed by atoms with Gasteiger partial charge >= 0.3 is 0 Å². The molecule has 180 valence electrons. The van der Waals surface area contributed by atoms with Gasteiger partial charge in [0, 0.05) is 30.1 Å². The van der Waals surface area contributed by atoms with Crippen molar-refractivity contribution in [1.82, 2.24) is 24.6 Å². The quantitative estimate of drug-likeness (QED) is 0.415. The van der Waals surface area contributed by atoms with Crippen molar-refractivity contribution in [2.45, 2.75) is 38.8 Å². The molecule has 1 unspecified atom stereocenters. The average Bonchev–Trinajstić information content (AvgIpc) is 3.33. The first-order chi connectivity index (χ1) is 17.1. The molecule has 0 saturated heterocycles. The minimum Gasteiger partial charge on any atom is -0.390 e. The number of aliphatic hydroxyl groups excluding tert-OH is 1. The Morgan fingerprint density at radius 1 is 1.11 bits per heavy atom. The van der Waals surface area contributed by atoms with E-state index in [9.17, 15) is 5.11 Å². The second kappa shape index (κ2) is 10.1. The molecule has 0 amide bonds. The molecule has 1 aliphatic rings. The molecule has 1 aliphatic heterocycles. The van der Waals surface area contributed by atoms with Crippen LogP contribution in [0, 0.1) is 0 Å². The van der Waals surface area contributed by atoms with E-state index in [1.54, 1.807) is 0 Å². The summed E-state index contributed by atoms with van der Waals surface area (Å²) in [4.78, 5) is 11.9. The topological polar surface area (TPSA) is 93.1 Å². The minimum absolute atomic E-state index is 0.0734. The van der Waals surface area contributed by atoms with E-state index in [4.69, 9.17) is 15.8 Å². The highest BCUT2D eigenvalue weighted by atomic mass is 16.3. The molecule has 0 radical (unpaired) electrons. The third-order valence-corrected chi connectivity index (χ3v) is 6.66. The number of rotatable bonds is 7. The van der Waals surface area contributed by atoms with Gasteiger partial charge in [0.15, 0.2) is 5.82 Å². The smallest absolute Gasteiger partial charge is 0.154 e. The first-order valence-electron chi connectivity index (χ1n) is 12.3. The normalized spacial score (nSPS) is 15.4. The summed E-state index contributed by atoms with van der Waals surface area (Å²) in [6.07, 6.45) is 7.13. The Bertz CT molecular complexity index is 1380. The van der Waals surface area contributed by atoms with E-state index in [2.05, 4.69) is 42.1 Å². The summed E-state index contributed by atoms with van der Waals surface area (Å²) < 4.78 is 1.85. The lowest BCUT2D eigenvalue weighted by atomic mass is 9.93. The third kappa shape index (κ3) is 4.75. The lowest BCUT2D eigenvalue weighted by Gasteiger charge is -2.23. The summed E-state index contributed by atoms with van der Waals surface area (Å²) in [7, 11) is 2.14. The summed E-state index contributed by atoms with van der Waals surface area (Å²) in [5.41, 5.74) is 13.3. The lowest BCUT2D eigenvalue weighted by Crippen LogP contribution is -2.23. The van der Waals surface area contributed by atoms with Crippen LogP contribution < -0.4 is 5.73 Å². The van der Waals surface area contributed by atoms with Gasteiger partial charge in [0.2, 0.25) is 0 Å². The van der Waals surface area contributed by atoms with Crippen LogP contribution in [0.4, 0.5) is 0 Å². The molecule has 1 aromatic carbocycles. The van der Waals surface area contributed by atoms with Gasteiger partial charge in [-0.05, 0) is 67.4 Å². The van der Waals surface area contributed by atoms with Gasteiger partial charge in [-0.25, -0.2) is 9.67 Å². The van der Waals surface area contributed by atoms with Crippen molar-refractivity contribution in [3.8, 4) is 17.1 Å². The fraction of sp³-hybridized carbons (Fsp3) is 0.321. The van der Waals surface area contributed by atoms with Gasteiger partial charge < -0.3 is 15.7 Å². The van der Waals surface area contributed by atoms with Crippen molar-refractivity contribution in [3.05, 3.63) is 77.8 Å². The molecule has 1 atom stereocenters. The number of hydrogen-bond acceptors (Lipinski definition) is 6. The Labute approximate surface area is 205 Å². The van der Waals surface area contributed by atoms with Gasteiger partial charge in [0.1, 0.15) is 0 Å². The van der Waals surface area contributed by atoms with Crippen LogP contribution in [0.15, 0.2) is 60.8 Å². The second-order valence-corrected chi connectivity index (χ2v) is 9.24. The molecule has 4 aromatic rings. The molecule has 0 bridgehead atoms. The largest absolute Gasteiger partial charge is 0.390 e. The number of benzene rings is 1. The van der Waals surface area contributed by atoms with E-state index >= 15 is 0 Å². The van der Waals surface area contributed by atoms with Crippen molar-refractivity contribution >= 4 is 16.5 Å². The molecule has 7 heteroatoms. The molecule has 3 aromatic heterocycles. The van der Waals surface area contributed by atoms with E-state index in [0.29, 0.717) is 11.5 Å². The van der Waals surface area contributed by atoms with Crippen molar-refractivity contribution in [3.63, 3.8) is 0 Å². The molecule has 0 fully saturated rings. The molecule has 4 heterocycles.